The summed E-state index contributed by atoms with van der Waals surface area (Å²) in [4.78, 5) is 7.57. The molecule has 3 heterocycles. The first-order chi connectivity index (χ1) is 12.9. The molecular formula is C20H20N6. The fraction of sp³-hybridized carbons (Fsp3) is 0.300. The molecule has 0 N–H and O–H groups in total. The van der Waals surface area contributed by atoms with Crippen LogP contribution in [0, 0.1) is 0 Å². The number of tetrazole rings is 1. The summed E-state index contributed by atoms with van der Waals surface area (Å²) < 4.78 is 1.86. The van der Waals surface area contributed by atoms with Gasteiger partial charge in [-0.3, -0.25) is 4.90 Å². The third kappa shape index (κ3) is 2.54. The lowest BCUT2D eigenvalue weighted by atomic mass is 9.98. The molecular weight excluding hydrogens is 324 g/mol. The molecule has 2 aliphatic heterocycles. The predicted molar refractivity (Wildman–Crippen MR) is 100.0 cm³/mol. The molecule has 6 nitrogen and oxygen atoms in total. The fourth-order valence-corrected chi connectivity index (χ4v) is 3.93. The van der Waals surface area contributed by atoms with Crippen LogP contribution in [0.2, 0.25) is 0 Å². The van der Waals surface area contributed by atoms with E-state index in [4.69, 9.17) is 4.99 Å². The van der Waals surface area contributed by atoms with E-state index in [1.807, 2.05) is 35.0 Å². The SMILES string of the molecule is c1ccc(C2=Nc3ccccc3-n3nnnc3C2N2CCCCC2)cc1. The Morgan fingerprint density at radius 1 is 0.846 bits per heavy atom. The molecule has 26 heavy (non-hydrogen) atoms. The van der Waals surface area contributed by atoms with Crippen molar-refractivity contribution in [2.45, 2.75) is 25.3 Å². The summed E-state index contributed by atoms with van der Waals surface area (Å²) in [6.45, 7) is 2.08. The number of hydrogen-bond acceptors (Lipinski definition) is 5. The van der Waals surface area contributed by atoms with Gasteiger partial charge in [0.1, 0.15) is 6.04 Å². The van der Waals surface area contributed by atoms with Crippen LogP contribution < -0.4 is 0 Å². The van der Waals surface area contributed by atoms with Crippen molar-refractivity contribution in [3.8, 4) is 5.69 Å². The molecule has 130 valence electrons. The van der Waals surface area contributed by atoms with Crippen molar-refractivity contribution in [1.29, 1.82) is 0 Å². The number of hydrogen-bond donors (Lipinski definition) is 0. The number of rotatable bonds is 2. The molecule has 0 spiro atoms. The maximum Gasteiger partial charge on any atom is 0.180 e. The highest BCUT2D eigenvalue weighted by Gasteiger charge is 2.35. The van der Waals surface area contributed by atoms with Crippen LogP contribution in [0.5, 0.6) is 0 Å². The average molecular weight is 344 g/mol. The summed E-state index contributed by atoms with van der Waals surface area (Å²) in [6, 6.07) is 18.4. The lowest BCUT2D eigenvalue weighted by molar-refractivity contribution is 0.196. The van der Waals surface area contributed by atoms with E-state index in [2.05, 4.69) is 44.7 Å². The highest BCUT2D eigenvalue weighted by atomic mass is 15.6. The van der Waals surface area contributed by atoms with Gasteiger partial charge in [0.05, 0.1) is 17.1 Å². The third-order valence-corrected chi connectivity index (χ3v) is 5.17. The van der Waals surface area contributed by atoms with Gasteiger partial charge in [0.15, 0.2) is 5.82 Å². The largest absolute Gasteiger partial charge is 0.288 e. The van der Waals surface area contributed by atoms with E-state index in [1.165, 1.54) is 19.3 Å². The topological polar surface area (TPSA) is 59.2 Å². The van der Waals surface area contributed by atoms with Gasteiger partial charge in [-0.05, 0) is 54.1 Å². The summed E-state index contributed by atoms with van der Waals surface area (Å²) >= 11 is 0. The molecule has 1 saturated heterocycles. The Kier molecular flexibility index (Phi) is 3.83. The van der Waals surface area contributed by atoms with Crippen molar-refractivity contribution in [2.24, 2.45) is 4.99 Å². The normalized spacial score (nSPS) is 20.0. The summed E-state index contributed by atoms with van der Waals surface area (Å²) in [5.74, 6) is 0.847. The number of nitrogens with zero attached hydrogens (tertiary/aromatic N) is 6. The van der Waals surface area contributed by atoms with E-state index in [0.29, 0.717) is 0 Å². The Hall–Kier alpha value is -2.86. The van der Waals surface area contributed by atoms with Gasteiger partial charge in [0.25, 0.3) is 0 Å². The quantitative estimate of drug-likeness (QED) is 0.715. The van der Waals surface area contributed by atoms with Crippen LogP contribution >= 0.6 is 0 Å². The minimum atomic E-state index is -0.0416. The first kappa shape index (κ1) is 15.4. The van der Waals surface area contributed by atoms with Gasteiger partial charge in [-0.15, -0.1) is 5.10 Å². The van der Waals surface area contributed by atoms with Gasteiger partial charge in [-0.1, -0.05) is 48.9 Å². The molecule has 0 aliphatic carbocycles. The van der Waals surface area contributed by atoms with Crippen LogP contribution in [0.3, 0.4) is 0 Å². The lowest BCUT2D eigenvalue weighted by Gasteiger charge is -2.33. The summed E-state index contributed by atoms with van der Waals surface area (Å²) in [5, 5.41) is 12.7. The van der Waals surface area contributed by atoms with Crippen molar-refractivity contribution >= 4 is 11.4 Å². The maximum absolute atomic E-state index is 5.10. The second-order valence-corrected chi connectivity index (χ2v) is 6.80. The zero-order valence-corrected chi connectivity index (χ0v) is 14.5. The van der Waals surface area contributed by atoms with Crippen LogP contribution in [0.4, 0.5) is 5.69 Å². The minimum absolute atomic E-state index is 0.0416. The van der Waals surface area contributed by atoms with E-state index in [1.54, 1.807) is 0 Å². The highest BCUT2D eigenvalue weighted by Crippen LogP contribution is 2.35. The smallest absolute Gasteiger partial charge is 0.180 e. The zero-order valence-electron chi connectivity index (χ0n) is 14.5. The molecule has 0 amide bonds. The first-order valence-electron chi connectivity index (χ1n) is 9.17. The standard InChI is InChI=1S/C20H20N6/c1-3-9-15(10-4-1)18-19(25-13-7-2-8-14-25)20-22-23-24-26(20)17-12-6-5-11-16(17)21-18/h1,3-6,9-12,19H,2,7-8,13-14H2. The monoisotopic (exact) mass is 344 g/mol. The molecule has 6 heteroatoms. The number of aromatic nitrogens is 4. The zero-order chi connectivity index (χ0) is 17.3. The second-order valence-electron chi connectivity index (χ2n) is 6.80. The average Bonchev–Trinajstić information content (AvgIpc) is 3.13. The van der Waals surface area contributed by atoms with Gasteiger partial charge < -0.3 is 0 Å². The van der Waals surface area contributed by atoms with E-state index >= 15 is 0 Å². The van der Waals surface area contributed by atoms with Crippen molar-refractivity contribution in [3.63, 3.8) is 0 Å². The number of benzene rings is 2. The maximum atomic E-state index is 5.10. The van der Waals surface area contributed by atoms with Crippen molar-refractivity contribution in [3.05, 3.63) is 66.0 Å². The third-order valence-electron chi connectivity index (χ3n) is 5.17. The molecule has 0 saturated carbocycles. The first-order valence-corrected chi connectivity index (χ1v) is 9.17. The summed E-state index contributed by atoms with van der Waals surface area (Å²) in [7, 11) is 0. The van der Waals surface area contributed by atoms with E-state index in [-0.39, 0.29) is 6.04 Å². The van der Waals surface area contributed by atoms with Crippen LogP contribution in [0.25, 0.3) is 5.69 Å². The van der Waals surface area contributed by atoms with Gasteiger partial charge in [0, 0.05) is 0 Å². The van der Waals surface area contributed by atoms with Crippen molar-refractivity contribution in [1.82, 2.24) is 25.1 Å². The van der Waals surface area contributed by atoms with Crippen LogP contribution in [-0.2, 0) is 0 Å². The van der Waals surface area contributed by atoms with Gasteiger partial charge >= 0.3 is 0 Å². The molecule has 1 fully saturated rings. The summed E-state index contributed by atoms with van der Waals surface area (Å²) in [6.07, 6.45) is 3.69. The molecule has 0 bridgehead atoms. The molecule has 1 atom stereocenters. The number of aliphatic imine (C=N–C) groups is 1. The molecule has 2 aliphatic rings. The molecule has 2 aromatic carbocycles. The molecule has 3 aromatic rings. The predicted octanol–water partition coefficient (Wildman–Crippen LogP) is 3.32. The molecule has 5 rings (SSSR count). The fourth-order valence-electron chi connectivity index (χ4n) is 3.93. The van der Waals surface area contributed by atoms with Crippen LogP contribution in [-0.4, -0.2) is 43.9 Å². The van der Waals surface area contributed by atoms with Crippen LogP contribution in [0.15, 0.2) is 59.6 Å². The Bertz CT molecular complexity index is 940. The Morgan fingerprint density at radius 3 is 2.46 bits per heavy atom. The summed E-state index contributed by atoms with van der Waals surface area (Å²) in [5.41, 5.74) is 3.97. The highest BCUT2D eigenvalue weighted by molar-refractivity contribution is 6.06. The molecule has 1 aromatic heterocycles. The number of para-hydroxylation sites is 2. The number of piperidine rings is 1. The number of likely N-dealkylation sites (tertiary alicyclic amines) is 1. The van der Waals surface area contributed by atoms with Gasteiger partial charge in [-0.2, -0.15) is 4.68 Å². The Morgan fingerprint density at radius 2 is 1.62 bits per heavy atom. The van der Waals surface area contributed by atoms with E-state index < -0.39 is 0 Å². The van der Waals surface area contributed by atoms with E-state index in [0.717, 1.165) is 41.6 Å². The molecule has 1 unspecified atom stereocenters. The second kappa shape index (κ2) is 6.46. The lowest BCUT2D eigenvalue weighted by Crippen LogP contribution is -2.39. The van der Waals surface area contributed by atoms with E-state index in [9.17, 15) is 0 Å². The van der Waals surface area contributed by atoms with Crippen molar-refractivity contribution in [2.75, 3.05) is 13.1 Å². The van der Waals surface area contributed by atoms with Crippen molar-refractivity contribution < 1.29 is 0 Å². The van der Waals surface area contributed by atoms with Gasteiger partial charge in [0.2, 0.25) is 0 Å². The van der Waals surface area contributed by atoms with Gasteiger partial charge in [-0.25, -0.2) is 4.99 Å². The Balaban J connectivity index is 1.75. The Labute approximate surface area is 152 Å². The molecule has 0 radical (unpaired) electrons. The minimum Gasteiger partial charge on any atom is -0.288 e. The van der Waals surface area contributed by atoms with Crippen LogP contribution in [0.1, 0.15) is 36.7 Å². The number of fused-ring (bicyclic) bond motifs is 3.